The molecule has 0 aliphatic carbocycles. The Bertz CT molecular complexity index is 1360. The van der Waals surface area contributed by atoms with Gasteiger partial charge in [0.1, 0.15) is 11.6 Å². The van der Waals surface area contributed by atoms with Gasteiger partial charge in [-0.25, -0.2) is 18.0 Å². The highest BCUT2D eigenvalue weighted by Crippen LogP contribution is 2.38. The summed E-state index contributed by atoms with van der Waals surface area (Å²) in [6.07, 6.45) is 3.86. The monoisotopic (exact) mass is 491 g/mol. The molecule has 2 fully saturated rings. The summed E-state index contributed by atoms with van der Waals surface area (Å²) in [4.78, 5) is 14.8. The Balaban J connectivity index is 1.44. The van der Waals surface area contributed by atoms with Crippen LogP contribution < -0.4 is 9.62 Å². The molecule has 2 aliphatic heterocycles. The Hall–Kier alpha value is -3.09. The van der Waals surface area contributed by atoms with Gasteiger partial charge in [-0.05, 0) is 49.6 Å². The molecule has 180 valence electrons. The lowest BCUT2D eigenvalue weighted by molar-refractivity contribution is 0.0980. The number of nitrogens with one attached hydrogen (secondary N) is 1. The van der Waals surface area contributed by atoms with Crippen molar-refractivity contribution in [3.63, 3.8) is 0 Å². The first-order valence-electron chi connectivity index (χ1n) is 10.9. The van der Waals surface area contributed by atoms with E-state index in [4.69, 9.17) is 0 Å². The highest BCUT2D eigenvalue weighted by Gasteiger charge is 2.33. The second-order valence-corrected chi connectivity index (χ2v) is 10.2. The van der Waals surface area contributed by atoms with Gasteiger partial charge in [0.15, 0.2) is 0 Å². The summed E-state index contributed by atoms with van der Waals surface area (Å²) in [5, 5.41) is 13.7. The first kappa shape index (κ1) is 22.7. The van der Waals surface area contributed by atoms with Crippen LogP contribution in [0.15, 0.2) is 42.7 Å². The van der Waals surface area contributed by atoms with Crippen LogP contribution in [0, 0.1) is 11.6 Å². The lowest BCUT2D eigenvalue weighted by Crippen LogP contribution is -2.42. The first-order valence-corrected chi connectivity index (χ1v) is 12.4. The molecule has 2 N–H and O–H groups in total. The zero-order valence-electron chi connectivity index (χ0n) is 18.1. The Morgan fingerprint density at radius 2 is 1.97 bits per heavy atom. The van der Waals surface area contributed by atoms with Crippen LogP contribution in [0.2, 0.25) is 0 Å². The van der Waals surface area contributed by atoms with Crippen LogP contribution >= 0.6 is 0 Å². The van der Waals surface area contributed by atoms with Crippen molar-refractivity contribution >= 4 is 27.3 Å². The fraction of sp³-hybridized carbons (Fsp3) is 0.364. The van der Waals surface area contributed by atoms with Crippen LogP contribution in [0.5, 0.6) is 0 Å². The number of aliphatic hydroxyl groups excluding tert-OH is 1. The van der Waals surface area contributed by atoms with Crippen molar-refractivity contribution in [1.82, 2.24) is 18.6 Å². The van der Waals surface area contributed by atoms with E-state index in [9.17, 15) is 27.1 Å². The predicted molar refractivity (Wildman–Crippen MR) is 119 cm³/mol. The molecule has 0 unspecified atom stereocenters. The number of hydrogen-bond acceptors (Lipinski definition) is 6. The quantitative estimate of drug-likeness (QED) is 0.566. The number of carbonyl (C=O) groups excluding carboxylic acids is 1. The molecule has 0 saturated carbocycles. The Morgan fingerprint density at radius 3 is 2.74 bits per heavy atom. The summed E-state index contributed by atoms with van der Waals surface area (Å²) in [5.74, 6) is -1.84. The molecule has 2 saturated heterocycles. The first-order chi connectivity index (χ1) is 16.2. The molecule has 34 heavy (non-hydrogen) atoms. The lowest BCUT2D eigenvalue weighted by atomic mass is 10.0. The smallest absolute Gasteiger partial charge is 0.304 e. The van der Waals surface area contributed by atoms with Crippen LogP contribution in [-0.2, 0) is 10.2 Å². The number of aliphatic hydroxyl groups is 1. The number of amides is 1. The zero-order valence-corrected chi connectivity index (χ0v) is 18.9. The molecule has 9 nitrogen and oxygen atoms in total. The Kier molecular flexibility index (Phi) is 5.74. The molecule has 2 atom stereocenters. The Morgan fingerprint density at radius 1 is 1.15 bits per heavy atom. The van der Waals surface area contributed by atoms with Gasteiger partial charge in [-0.3, -0.25) is 4.79 Å². The zero-order chi connectivity index (χ0) is 24.0. The van der Waals surface area contributed by atoms with Gasteiger partial charge in [-0.1, -0.05) is 0 Å². The average molecular weight is 492 g/mol. The van der Waals surface area contributed by atoms with Crippen molar-refractivity contribution in [1.29, 1.82) is 0 Å². The Labute approximate surface area is 194 Å². The number of nitrogens with zero attached hydrogens (tertiary/aromatic N) is 4. The van der Waals surface area contributed by atoms with E-state index < -0.39 is 33.9 Å². The summed E-state index contributed by atoms with van der Waals surface area (Å²) in [7, 11) is -4.12. The summed E-state index contributed by atoms with van der Waals surface area (Å²) >= 11 is 0. The number of rotatable bonds is 5. The van der Waals surface area contributed by atoms with E-state index in [0.717, 1.165) is 22.9 Å². The van der Waals surface area contributed by atoms with E-state index in [1.165, 1.54) is 16.8 Å². The maximum atomic E-state index is 14.5. The number of carbonyl (C=O) groups is 1. The van der Waals surface area contributed by atoms with Gasteiger partial charge in [0.2, 0.25) is 0 Å². The molecule has 1 amide bonds. The summed E-state index contributed by atoms with van der Waals surface area (Å²) in [6, 6.07) is 6.47. The molecule has 0 spiro atoms. The molecule has 3 aromatic rings. The van der Waals surface area contributed by atoms with Gasteiger partial charge in [0, 0.05) is 37.1 Å². The molecule has 4 heterocycles. The van der Waals surface area contributed by atoms with Crippen LogP contribution in [0.4, 0.5) is 14.5 Å². The van der Waals surface area contributed by atoms with E-state index in [2.05, 4.69) is 5.10 Å². The molecule has 1 aromatic carbocycles. The van der Waals surface area contributed by atoms with E-state index in [0.29, 0.717) is 30.6 Å². The molecular formula is C22H23F2N5O4S. The summed E-state index contributed by atoms with van der Waals surface area (Å²) in [6.45, 7) is 0.655. The number of fused-ring (bicyclic) bond motifs is 1. The van der Waals surface area contributed by atoms with Gasteiger partial charge in [-0.2, -0.15) is 17.8 Å². The second kappa shape index (κ2) is 8.60. The van der Waals surface area contributed by atoms with Gasteiger partial charge < -0.3 is 10.0 Å². The largest absolute Gasteiger partial charge is 0.392 e. The molecular weight excluding hydrogens is 468 g/mol. The maximum absolute atomic E-state index is 14.5. The van der Waals surface area contributed by atoms with Gasteiger partial charge in [-0.15, -0.1) is 0 Å². The van der Waals surface area contributed by atoms with E-state index in [-0.39, 0.29) is 30.3 Å². The molecule has 5 rings (SSSR count). The molecule has 2 aromatic heterocycles. The van der Waals surface area contributed by atoms with Crippen LogP contribution in [0.3, 0.4) is 0 Å². The summed E-state index contributed by atoms with van der Waals surface area (Å²) < 4.78 is 57.8. The normalized spacial score (nSPS) is 21.4. The van der Waals surface area contributed by atoms with Crippen molar-refractivity contribution in [3.8, 4) is 0 Å². The third-order valence-corrected chi connectivity index (χ3v) is 7.79. The van der Waals surface area contributed by atoms with Gasteiger partial charge in [0.05, 0.1) is 29.4 Å². The van der Waals surface area contributed by atoms with E-state index >= 15 is 0 Å². The average Bonchev–Trinajstić information content (AvgIpc) is 3.53. The number of pyridine rings is 1. The fourth-order valence-corrected chi connectivity index (χ4v) is 5.85. The number of β-amino-alcohol motifs (C(OH)–C–C–N with tert-alkyl or cyclic N) is 1. The van der Waals surface area contributed by atoms with E-state index in [1.54, 1.807) is 18.3 Å². The second-order valence-electron chi connectivity index (χ2n) is 8.53. The summed E-state index contributed by atoms with van der Waals surface area (Å²) in [5.41, 5.74) is 1.37. The highest BCUT2D eigenvalue weighted by molar-refractivity contribution is 7.87. The van der Waals surface area contributed by atoms with Crippen molar-refractivity contribution in [2.24, 2.45) is 0 Å². The predicted octanol–water partition coefficient (Wildman–Crippen LogP) is 2.00. The maximum Gasteiger partial charge on any atom is 0.304 e. The van der Waals surface area contributed by atoms with Crippen molar-refractivity contribution in [2.45, 2.75) is 31.4 Å². The minimum Gasteiger partial charge on any atom is -0.392 e. The van der Waals surface area contributed by atoms with Gasteiger partial charge in [0.25, 0.3) is 5.91 Å². The third kappa shape index (κ3) is 4.12. The van der Waals surface area contributed by atoms with Crippen molar-refractivity contribution in [3.05, 3.63) is 65.5 Å². The molecule has 0 radical (unpaired) electrons. The minimum atomic E-state index is -4.12. The molecule has 12 heteroatoms. The van der Waals surface area contributed by atoms with E-state index in [1.807, 2.05) is 9.62 Å². The molecule has 0 bridgehead atoms. The number of halogens is 2. The standard InChI is InChI=1S/C22H23F2N5O4S/c23-14-3-4-19(24)17(10-14)20-2-1-7-28(20)15-5-9-29-21(11-15)18(12-25-29)22(31)26-34(32,33)27-8-6-16(30)13-27/h3-5,9-12,16,20,30H,1-2,6-8,13H2,(H,26,31)/t16-,20+/m0/s1. The number of anilines is 1. The fourth-order valence-electron chi connectivity index (χ4n) is 4.66. The van der Waals surface area contributed by atoms with Gasteiger partial charge >= 0.3 is 10.2 Å². The minimum absolute atomic E-state index is 0.0536. The molecule has 2 aliphatic rings. The highest BCUT2D eigenvalue weighted by atomic mass is 32.2. The third-order valence-electron chi connectivity index (χ3n) is 6.34. The lowest BCUT2D eigenvalue weighted by Gasteiger charge is -2.27. The SMILES string of the molecule is O=C(NS(=O)(=O)N1CC[C@H](O)C1)c1cnn2ccc(N3CCC[C@@H]3c3cc(F)ccc3F)cc12. The number of benzene rings is 1. The number of aromatic nitrogens is 2. The van der Waals surface area contributed by atoms with Crippen LogP contribution in [-0.4, -0.2) is 59.1 Å². The van der Waals surface area contributed by atoms with Crippen molar-refractivity contribution in [2.75, 3.05) is 24.5 Å². The van der Waals surface area contributed by atoms with Crippen molar-refractivity contribution < 1.29 is 27.1 Å². The topological polar surface area (TPSA) is 107 Å². The van der Waals surface area contributed by atoms with Crippen LogP contribution in [0.1, 0.15) is 41.2 Å². The number of hydrogen-bond donors (Lipinski definition) is 2. The van der Waals surface area contributed by atoms with Crippen LogP contribution in [0.25, 0.3) is 5.52 Å².